The van der Waals surface area contributed by atoms with Gasteiger partial charge in [0.05, 0.1) is 11.0 Å². The predicted octanol–water partition coefficient (Wildman–Crippen LogP) is 4.06. The molecular weight excluding hydrogens is 455 g/mol. The minimum atomic E-state index is -0.256. The monoisotopic (exact) mass is 484 g/mol. The molecular formula is C29H29FN4O2. The molecule has 5 rings (SSSR count). The highest BCUT2D eigenvalue weighted by molar-refractivity contribution is 5.77. The summed E-state index contributed by atoms with van der Waals surface area (Å²) in [5.41, 5.74) is 4.01. The molecule has 0 radical (unpaired) electrons. The number of benzene rings is 3. The summed E-state index contributed by atoms with van der Waals surface area (Å²) in [4.78, 5) is 34.9. The highest BCUT2D eigenvalue weighted by Gasteiger charge is 2.22. The third-order valence-electron chi connectivity index (χ3n) is 6.79. The number of piperazine rings is 1. The summed E-state index contributed by atoms with van der Waals surface area (Å²) in [5, 5.41) is 0. The largest absolute Gasteiger partial charge is 0.368 e. The van der Waals surface area contributed by atoms with E-state index in [-0.39, 0.29) is 23.7 Å². The number of nitrogens with zero attached hydrogens (tertiary/aromatic N) is 4. The maximum atomic E-state index is 13.4. The molecule has 3 aromatic carbocycles. The molecule has 0 bridgehead atoms. The van der Waals surface area contributed by atoms with Crippen LogP contribution in [0, 0.1) is 5.82 Å². The molecule has 0 aliphatic carbocycles. The van der Waals surface area contributed by atoms with Crippen LogP contribution in [0.1, 0.15) is 17.7 Å². The van der Waals surface area contributed by atoms with Gasteiger partial charge in [0.25, 0.3) is 5.56 Å². The lowest BCUT2D eigenvalue weighted by Crippen LogP contribution is -2.49. The normalized spacial score (nSPS) is 13.8. The topological polar surface area (TPSA) is 58.4 Å². The standard InChI is InChI=1S/C29H29FN4O2/c30-23-10-12-24(13-11-23)32-18-20-33(21-19-32)28(35)15-14-26-29(36)34(17-16-22-6-2-1-3-7-22)27-9-5-4-8-25(27)31-26/h1-13H,14-21H2. The van der Waals surface area contributed by atoms with Crippen LogP contribution in [0.15, 0.2) is 83.7 Å². The van der Waals surface area contributed by atoms with Gasteiger partial charge in [0.1, 0.15) is 11.5 Å². The van der Waals surface area contributed by atoms with Gasteiger partial charge in [-0.1, -0.05) is 42.5 Å². The zero-order chi connectivity index (χ0) is 24.9. The Morgan fingerprint density at radius 3 is 2.28 bits per heavy atom. The first-order valence-corrected chi connectivity index (χ1v) is 12.4. The van der Waals surface area contributed by atoms with E-state index in [4.69, 9.17) is 0 Å². The SMILES string of the molecule is O=C(CCc1nc2ccccc2n(CCc2ccccc2)c1=O)N1CCN(c2ccc(F)cc2)CC1. The van der Waals surface area contributed by atoms with Crippen LogP contribution in [-0.4, -0.2) is 46.5 Å². The van der Waals surface area contributed by atoms with Gasteiger partial charge < -0.3 is 14.4 Å². The summed E-state index contributed by atoms with van der Waals surface area (Å²) in [6.45, 7) is 3.14. The molecule has 36 heavy (non-hydrogen) atoms. The molecule has 0 atom stereocenters. The van der Waals surface area contributed by atoms with Crippen LogP contribution in [-0.2, 0) is 24.2 Å². The van der Waals surface area contributed by atoms with E-state index in [1.165, 1.54) is 17.7 Å². The quantitative estimate of drug-likeness (QED) is 0.397. The van der Waals surface area contributed by atoms with Crippen molar-refractivity contribution in [2.45, 2.75) is 25.8 Å². The Balaban J connectivity index is 1.25. The van der Waals surface area contributed by atoms with Crippen molar-refractivity contribution in [1.82, 2.24) is 14.5 Å². The van der Waals surface area contributed by atoms with E-state index in [1.54, 1.807) is 16.7 Å². The van der Waals surface area contributed by atoms with E-state index in [1.807, 2.05) is 47.4 Å². The van der Waals surface area contributed by atoms with Crippen LogP contribution in [0.4, 0.5) is 10.1 Å². The molecule has 7 heteroatoms. The number of amides is 1. The lowest BCUT2D eigenvalue weighted by molar-refractivity contribution is -0.131. The smallest absolute Gasteiger partial charge is 0.272 e. The predicted molar refractivity (Wildman–Crippen MR) is 140 cm³/mol. The molecule has 0 N–H and O–H groups in total. The lowest BCUT2D eigenvalue weighted by atomic mass is 10.1. The number of hydrogen-bond acceptors (Lipinski definition) is 4. The van der Waals surface area contributed by atoms with Gasteiger partial charge in [-0.05, 0) is 48.4 Å². The van der Waals surface area contributed by atoms with Gasteiger partial charge >= 0.3 is 0 Å². The van der Waals surface area contributed by atoms with Gasteiger partial charge in [-0.25, -0.2) is 9.37 Å². The second-order valence-corrected chi connectivity index (χ2v) is 9.08. The van der Waals surface area contributed by atoms with Crippen molar-refractivity contribution in [3.05, 3.63) is 106 Å². The fraction of sp³-hybridized carbons (Fsp3) is 0.276. The molecule has 4 aromatic rings. The van der Waals surface area contributed by atoms with Gasteiger partial charge in [-0.3, -0.25) is 9.59 Å². The first-order chi connectivity index (χ1) is 17.6. The summed E-state index contributed by atoms with van der Waals surface area (Å²) in [6.07, 6.45) is 1.30. The van der Waals surface area contributed by atoms with E-state index < -0.39 is 0 Å². The molecule has 1 aromatic heterocycles. The number of carbonyl (C=O) groups excluding carboxylic acids is 1. The number of anilines is 1. The fourth-order valence-electron chi connectivity index (χ4n) is 4.77. The number of aromatic nitrogens is 2. The Labute approximate surface area is 209 Å². The van der Waals surface area contributed by atoms with E-state index >= 15 is 0 Å². The van der Waals surface area contributed by atoms with Crippen molar-refractivity contribution in [2.75, 3.05) is 31.1 Å². The summed E-state index contributed by atoms with van der Waals surface area (Å²) in [6, 6.07) is 24.2. The third kappa shape index (κ3) is 5.30. The molecule has 1 saturated heterocycles. The zero-order valence-electron chi connectivity index (χ0n) is 20.1. The van der Waals surface area contributed by atoms with E-state index in [0.717, 1.165) is 23.1 Å². The average molecular weight is 485 g/mol. The van der Waals surface area contributed by atoms with Crippen molar-refractivity contribution in [3.8, 4) is 0 Å². The molecule has 1 aliphatic heterocycles. The molecule has 0 spiro atoms. The average Bonchev–Trinajstić information content (AvgIpc) is 2.92. The summed E-state index contributed by atoms with van der Waals surface area (Å²) < 4.78 is 15.0. The lowest BCUT2D eigenvalue weighted by Gasteiger charge is -2.36. The number of aryl methyl sites for hydroxylation is 3. The number of rotatable bonds is 7. The minimum absolute atomic E-state index is 0.0268. The minimum Gasteiger partial charge on any atom is -0.368 e. The Morgan fingerprint density at radius 2 is 1.53 bits per heavy atom. The second-order valence-electron chi connectivity index (χ2n) is 9.08. The van der Waals surface area contributed by atoms with Gasteiger partial charge in [0, 0.05) is 51.3 Å². The molecule has 6 nitrogen and oxygen atoms in total. The van der Waals surface area contributed by atoms with Crippen molar-refractivity contribution < 1.29 is 9.18 Å². The van der Waals surface area contributed by atoms with Crippen molar-refractivity contribution in [3.63, 3.8) is 0 Å². The van der Waals surface area contributed by atoms with Crippen LogP contribution >= 0.6 is 0 Å². The molecule has 0 saturated carbocycles. The Morgan fingerprint density at radius 1 is 0.833 bits per heavy atom. The number of carbonyl (C=O) groups is 1. The van der Waals surface area contributed by atoms with Crippen molar-refractivity contribution in [2.24, 2.45) is 0 Å². The number of halogens is 1. The highest BCUT2D eigenvalue weighted by atomic mass is 19.1. The van der Waals surface area contributed by atoms with E-state index in [2.05, 4.69) is 22.0 Å². The maximum absolute atomic E-state index is 13.4. The zero-order valence-corrected chi connectivity index (χ0v) is 20.1. The maximum Gasteiger partial charge on any atom is 0.272 e. The molecule has 184 valence electrons. The number of hydrogen-bond donors (Lipinski definition) is 0. The van der Waals surface area contributed by atoms with Crippen LogP contribution in [0.5, 0.6) is 0 Å². The second kappa shape index (κ2) is 10.7. The molecule has 0 unspecified atom stereocenters. The Hall–Kier alpha value is -4.00. The fourth-order valence-corrected chi connectivity index (χ4v) is 4.77. The van der Waals surface area contributed by atoms with Crippen LogP contribution in [0.25, 0.3) is 11.0 Å². The first-order valence-electron chi connectivity index (χ1n) is 12.4. The van der Waals surface area contributed by atoms with E-state index in [0.29, 0.717) is 44.8 Å². The third-order valence-corrected chi connectivity index (χ3v) is 6.79. The van der Waals surface area contributed by atoms with Crippen molar-refractivity contribution >= 4 is 22.6 Å². The summed E-state index contributed by atoms with van der Waals surface area (Å²) in [5.74, 6) is -0.229. The number of para-hydroxylation sites is 2. The van der Waals surface area contributed by atoms with Crippen molar-refractivity contribution in [1.29, 1.82) is 0 Å². The summed E-state index contributed by atoms with van der Waals surface area (Å²) in [7, 11) is 0. The molecule has 1 fully saturated rings. The van der Waals surface area contributed by atoms with Gasteiger partial charge in [0.15, 0.2) is 0 Å². The first kappa shape index (κ1) is 23.7. The molecule has 1 amide bonds. The Kier molecular flexibility index (Phi) is 7.07. The van der Waals surface area contributed by atoms with Gasteiger partial charge in [0.2, 0.25) is 5.91 Å². The van der Waals surface area contributed by atoms with Crippen LogP contribution < -0.4 is 10.5 Å². The van der Waals surface area contributed by atoms with Crippen LogP contribution in [0.3, 0.4) is 0 Å². The van der Waals surface area contributed by atoms with Gasteiger partial charge in [-0.2, -0.15) is 0 Å². The van der Waals surface area contributed by atoms with Gasteiger partial charge in [-0.15, -0.1) is 0 Å². The molecule has 2 heterocycles. The van der Waals surface area contributed by atoms with Crippen LogP contribution in [0.2, 0.25) is 0 Å². The highest BCUT2D eigenvalue weighted by Crippen LogP contribution is 2.18. The Bertz CT molecular complexity index is 1390. The summed E-state index contributed by atoms with van der Waals surface area (Å²) >= 11 is 0. The number of fused-ring (bicyclic) bond motifs is 1. The van der Waals surface area contributed by atoms with E-state index in [9.17, 15) is 14.0 Å². The molecule has 1 aliphatic rings.